The molecule has 5 heteroatoms. The van der Waals surface area contributed by atoms with Crippen LogP contribution in [0.1, 0.15) is 23.9 Å². The summed E-state index contributed by atoms with van der Waals surface area (Å²) < 4.78 is 1.91. The Balaban J connectivity index is 1.57. The molecule has 0 amide bonds. The third-order valence-corrected chi connectivity index (χ3v) is 5.89. The van der Waals surface area contributed by atoms with Crippen molar-refractivity contribution in [1.29, 1.82) is 0 Å². The lowest BCUT2D eigenvalue weighted by Crippen LogP contribution is -2.22. The van der Waals surface area contributed by atoms with Gasteiger partial charge in [-0.3, -0.25) is 0 Å². The lowest BCUT2D eigenvalue weighted by Gasteiger charge is -2.20. The van der Waals surface area contributed by atoms with Crippen LogP contribution in [-0.4, -0.2) is 25.8 Å². The van der Waals surface area contributed by atoms with Crippen molar-refractivity contribution in [2.24, 2.45) is 5.10 Å². The first-order chi connectivity index (χ1) is 13.3. The maximum Gasteiger partial charge on any atom is 0.212 e. The maximum atomic E-state index is 4.92. The van der Waals surface area contributed by atoms with Gasteiger partial charge < -0.3 is 0 Å². The molecule has 1 atom stereocenters. The van der Waals surface area contributed by atoms with Crippen molar-refractivity contribution in [2.45, 2.75) is 23.8 Å². The molecular weight excluding hydrogens is 352 g/mol. The molecule has 0 saturated carbocycles. The van der Waals surface area contributed by atoms with E-state index in [0.29, 0.717) is 6.42 Å². The van der Waals surface area contributed by atoms with E-state index in [4.69, 9.17) is 5.10 Å². The van der Waals surface area contributed by atoms with E-state index >= 15 is 0 Å². The maximum absolute atomic E-state index is 4.92. The van der Waals surface area contributed by atoms with Gasteiger partial charge in [0.2, 0.25) is 5.16 Å². The molecule has 0 fully saturated rings. The molecule has 1 aliphatic rings. The number of hydrogen-bond donors (Lipinski definition) is 0. The van der Waals surface area contributed by atoms with Crippen LogP contribution in [-0.2, 0) is 6.42 Å². The van der Waals surface area contributed by atoms with E-state index in [1.807, 2.05) is 22.9 Å². The van der Waals surface area contributed by atoms with Gasteiger partial charge in [-0.25, -0.2) is 0 Å². The van der Waals surface area contributed by atoms with Crippen molar-refractivity contribution in [3.8, 4) is 0 Å². The number of thioether (sulfide) groups is 1. The van der Waals surface area contributed by atoms with Crippen LogP contribution in [0.25, 0.3) is 10.8 Å². The molecule has 1 aromatic heterocycles. The largest absolute Gasteiger partial charge is 0.212 e. The van der Waals surface area contributed by atoms with Gasteiger partial charge in [-0.15, -0.1) is 10.2 Å². The van der Waals surface area contributed by atoms with Gasteiger partial charge in [0.15, 0.2) is 5.82 Å². The van der Waals surface area contributed by atoms with Crippen molar-refractivity contribution >= 4 is 28.2 Å². The van der Waals surface area contributed by atoms with Crippen LogP contribution < -0.4 is 0 Å². The summed E-state index contributed by atoms with van der Waals surface area (Å²) in [6, 6.07) is 25.2. The third kappa shape index (κ3) is 2.94. The summed E-state index contributed by atoms with van der Waals surface area (Å²) in [5.74, 6) is 0.870. The first kappa shape index (κ1) is 16.3. The second kappa shape index (κ2) is 6.67. The van der Waals surface area contributed by atoms with Crippen molar-refractivity contribution in [3.63, 3.8) is 0 Å². The van der Waals surface area contributed by atoms with Crippen molar-refractivity contribution in [3.05, 3.63) is 89.7 Å². The normalized spacial score (nSPS) is 16.2. The van der Waals surface area contributed by atoms with Gasteiger partial charge in [0.05, 0.1) is 11.0 Å². The molecule has 4 nitrogen and oxygen atoms in total. The summed E-state index contributed by atoms with van der Waals surface area (Å²) >= 11 is 1.71. The smallest absolute Gasteiger partial charge is 0.191 e. The van der Waals surface area contributed by atoms with Gasteiger partial charge in [-0.05, 0) is 28.8 Å². The molecule has 0 aliphatic carbocycles. The highest BCUT2D eigenvalue weighted by atomic mass is 32.2. The second-order valence-corrected chi connectivity index (χ2v) is 7.94. The fourth-order valence-electron chi connectivity index (χ4n) is 3.50. The molecule has 27 heavy (non-hydrogen) atoms. The second-order valence-electron chi connectivity index (χ2n) is 6.64. The van der Waals surface area contributed by atoms with Crippen molar-refractivity contribution < 1.29 is 0 Å². The summed E-state index contributed by atoms with van der Waals surface area (Å²) in [7, 11) is 0. The molecule has 1 aliphatic heterocycles. The average Bonchev–Trinajstić information content (AvgIpc) is 3.10. The standard InChI is InChI=1S/C22H18N4S/c1-15-21(17-9-3-2-4-10-17)25-26-20(23-24-22(26)27-15)14-18-12-7-11-16-8-5-6-13-19(16)18/h2-13,15H,14H2,1H3. The van der Waals surface area contributed by atoms with Gasteiger partial charge in [0, 0.05) is 6.42 Å². The first-order valence-corrected chi connectivity index (χ1v) is 9.89. The minimum absolute atomic E-state index is 0.245. The summed E-state index contributed by atoms with van der Waals surface area (Å²) in [6.45, 7) is 2.17. The van der Waals surface area contributed by atoms with Gasteiger partial charge in [0.1, 0.15) is 0 Å². The van der Waals surface area contributed by atoms with Crippen LogP contribution in [0.15, 0.2) is 83.1 Å². The van der Waals surface area contributed by atoms with Gasteiger partial charge in [-0.2, -0.15) is 9.78 Å². The van der Waals surface area contributed by atoms with Crippen LogP contribution in [0.4, 0.5) is 0 Å². The summed E-state index contributed by atoms with van der Waals surface area (Å²) in [4.78, 5) is 0. The number of nitrogens with zero attached hydrogens (tertiary/aromatic N) is 4. The molecule has 132 valence electrons. The van der Waals surface area contributed by atoms with Crippen LogP contribution in [0.2, 0.25) is 0 Å². The fourth-order valence-corrected chi connectivity index (χ4v) is 4.45. The van der Waals surface area contributed by atoms with E-state index in [-0.39, 0.29) is 5.25 Å². The topological polar surface area (TPSA) is 43.1 Å². The molecule has 0 bridgehead atoms. The summed E-state index contributed by atoms with van der Waals surface area (Å²) in [6.07, 6.45) is 0.703. The van der Waals surface area contributed by atoms with Crippen LogP contribution in [0.3, 0.4) is 0 Å². The van der Waals surface area contributed by atoms with E-state index in [0.717, 1.165) is 22.3 Å². The zero-order chi connectivity index (χ0) is 18.2. The van der Waals surface area contributed by atoms with Crippen molar-refractivity contribution in [2.75, 3.05) is 0 Å². The minimum Gasteiger partial charge on any atom is -0.191 e. The SMILES string of the molecule is CC1Sc2nnc(Cc3cccc4ccccc34)n2N=C1c1ccccc1. The molecule has 2 heterocycles. The quantitative estimate of drug-likeness (QED) is 0.522. The average molecular weight is 370 g/mol. The van der Waals surface area contributed by atoms with E-state index in [1.165, 1.54) is 16.3 Å². The lowest BCUT2D eigenvalue weighted by molar-refractivity contribution is 0.714. The molecule has 0 saturated heterocycles. The number of rotatable bonds is 3. The molecular formula is C22H18N4S. The van der Waals surface area contributed by atoms with Crippen LogP contribution >= 0.6 is 11.8 Å². The highest BCUT2D eigenvalue weighted by Gasteiger charge is 2.25. The Bertz CT molecular complexity index is 1140. The first-order valence-electron chi connectivity index (χ1n) is 9.01. The summed E-state index contributed by atoms with van der Waals surface area (Å²) in [5, 5.41) is 17.3. The van der Waals surface area contributed by atoms with Crippen LogP contribution in [0, 0.1) is 0 Å². The lowest BCUT2D eigenvalue weighted by atomic mass is 10.0. The Morgan fingerprint density at radius 1 is 0.889 bits per heavy atom. The Morgan fingerprint density at radius 2 is 1.67 bits per heavy atom. The molecule has 0 N–H and O–H groups in total. The van der Waals surface area contributed by atoms with E-state index in [1.54, 1.807) is 11.8 Å². The Morgan fingerprint density at radius 3 is 2.56 bits per heavy atom. The van der Waals surface area contributed by atoms with Crippen molar-refractivity contribution in [1.82, 2.24) is 14.9 Å². The monoisotopic (exact) mass is 370 g/mol. The molecule has 1 unspecified atom stereocenters. The zero-order valence-electron chi connectivity index (χ0n) is 14.9. The molecule has 3 aromatic carbocycles. The Labute approximate surface area is 161 Å². The predicted molar refractivity (Wildman–Crippen MR) is 110 cm³/mol. The number of fused-ring (bicyclic) bond motifs is 2. The van der Waals surface area contributed by atoms with Crippen LogP contribution in [0.5, 0.6) is 0 Å². The van der Waals surface area contributed by atoms with Gasteiger partial charge >= 0.3 is 0 Å². The van der Waals surface area contributed by atoms with E-state index in [9.17, 15) is 0 Å². The molecule has 5 rings (SSSR count). The van der Waals surface area contributed by atoms with Gasteiger partial charge in [-0.1, -0.05) is 84.6 Å². The summed E-state index contributed by atoms with van der Waals surface area (Å²) in [5.41, 5.74) is 3.45. The number of hydrogen-bond acceptors (Lipinski definition) is 4. The van der Waals surface area contributed by atoms with Gasteiger partial charge in [0.25, 0.3) is 0 Å². The highest BCUT2D eigenvalue weighted by molar-refractivity contribution is 8.00. The zero-order valence-corrected chi connectivity index (χ0v) is 15.7. The molecule has 4 aromatic rings. The minimum atomic E-state index is 0.245. The molecule has 0 radical (unpaired) electrons. The van der Waals surface area contributed by atoms with E-state index < -0.39 is 0 Å². The third-order valence-electron chi connectivity index (χ3n) is 4.85. The predicted octanol–water partition coefficient (Wildman–Crippen LogP) is 4.77. The molecule has 0 spiro atoms. The highest BCUT2D eigenvalue weighted by Crippen LogP contribution is 2.31. The number of benzene rings is 3. The Kier molecular flexibility index (Phi) is 4.02. The number of aromatic nitrogens is 3. The van der Waals surface area contributed by atoms with E-state index in [2.05, 4.69) is 71.7 Å². The fraction of sp³-hybridized carbons (Fsp3) is 0.136. The Hall–Kier alpha value is -2.92.